The molecule has 0 saturated heterocycles. The third-order valence-electron chi connectivity index (χ3n) is 2.90. The number of nitrogen functional groups attached to an aromatic ring is 1. The van der Waals surface area contributed by atoms with Crippen LogP contribution in [0.4, 0.5) is 11.6 Å². The Bertz CT molecular complexity index is 358. The summed E-state index contributed by atoms with van der Waals surface area (Å²) < 4.78 is 0. The largest absolute Gasteiger partial charge is 0.356 e. The lowest BCUT2D eigenvalue weighted by molar-refractivity contribution is 0.723. The molecule has 0 aromatic carbocycles. The molecule has 0 amide bonds. The van der Waals surface area contributed by atoms with Gasteiger partial charge in [-0.05, 0) is 31.9 Å². The Balaban J connectivity index is 2.20. The van der Waals surface area contributed by atoms with Gasteiger partial charge in [-0.2, -0.15) is 0 Å². The molecule has 94 valence electrons. The molecule has 17 heavy (non-hydrogen) atoms. The highest BCUT2D eigenvalue weighted by atomic mass is 32.2. The first-order valence-corrected chi connectivity index (χ1v) is 7.14. The number of hydrazine groups is 1. The van der Waals surface area contributed by atoms with Gasteiger partial charge in [0.05, 0.1) is 0 Å². The van der Waals surface area contributed by atoms with Gasteiger partial charge in [0.15, 0.2) is 5.16 Å². The molecule has 1 fully saturated rings. The van der Waals surface area contributed by atoms with E-state index in [0.717, 1.165) is 30.0 Å². The minimum atomic E-state index is 0.675. The molecule has 1 aliphatic rings. The smallest absolute Gasteiger partial charge is 0.191 e. The molecule has 5 nitrogen and oxygen atoms in total. The van der Waals surface area contributed by atoms with Crippen LogP contribution >= 0.6 is 11.8 Å². The summed E-state index contributed by atoms with van der Waals surface area (Å²) in [4.78, 5) is 11.1. The van der Waals surface area contributed by atoms with Crippen molar-refractivity contribution in [2.24, 2.45) is 11.8 Å². The van der Waals surface area contributed by atoms with E-state index < -0.39 is 0 Å². The summed E-state index contributed by atoms with van der Waals surface area (Å²) in [7, 11) is 0. The Morgan fingerprint density at radius 1 is 1.53 bits per heavy atom. The number of nitrogens with one attached hydrogen (secondary N) is 1. The van der Waals surface area contributed by atoms with Crippen molar-refractivity contribution in [2.45, 2.75) is 24.9 Å². The van der Waals surface area contributed by atoms with Crippen LogP contribution in [-0.2, 0) is 0 Å². The molecular weight excluding hydrogens is 234 g/mol. The highest BCUT2D eigenvalue weighted by Crippen LogP contribution is 2.31. The van der Waals surface area contributed by atoms with E-state index in [1.807, 2.05) is 12.3 Å². The van der Waals surface area contributed by atoms with Crippen molar-refractivity contribution >= 4 is 23.4 Å². The van der Waals surface area contributed by atoms with Gasteiger partial charge in [0.2, 0.25) is 0 Å². The number of thioether (sulfide) groups is 1. The average molecular weight is 253 g/mol. The van der Waals surface area contributed by atoms with E-state index in [1.165, 1.54) is 24.6 Å². The van der Waals surface area contributed by atoms with Crippen LogP contribution < -0.4 is 16.2 Å². The fourth-order valence-corrected chi connectivity index (χ4v) is 2.11. The number of rotatable bonds is 6. The molecule has 1 aromatic rings. The topological polar surface area (TPSA) is 67.1 Å². The fraction of sp³-hybridized carbons (Fsp3) is 0.636. The van der Waals surface area contributed by atoms with Crippen LogP contribution in [0.2, 0.25) is 0 Å². The summed E-state index contributed by atoms with van der Waals surface area (Å²) in [5, 5.41) is 0.754. The summed E-state index contributed by atoms with van der Waals surface area (Å²) in [6.07, 6.45) is 4.66. The lowest BCUT2D eigenvalue weighted by Gasteiger charge is -2.22. The highest BCUT2D eigenvalue weighted by Gasteiger charge is 2.24. The normalized spacial score (nSPS) is 14.8. The van der Waals surface area contributed by atoms with Crippen molar-refractivity contribution in [1.82, 2.24) is 9.97 Å². The molecule has 2 rings (SSSR count). The second-order valence-electron chi connectivity index (χ2n) is 4.22. The van der Waals surface area contributed by atoms with Crippen LogP contribution in [0.15, 0.2) is 11.2 Å². The van der Waals surface area contributed by atoms with Gasteiger partial charge in [-0.15, -0.1) is 0 Å². The highest BCUT2D eigenvalue weighted by molar-refractivity contribution is 7.98. The maximum absolute atomic E-state index is 5.43. The predicted molar refractivity (Wildman–Crippen MR) is 72.2 cm³/mol. The maximum Gasteiger partial charge on any atom is 0.191 e. The Hall–Kier alpha value is -1.01. The number of nitrogens with zero attached hydrogens (tertiary/aromatic N) is 3. The lowest BCUT2D eigenvalue weighted by atomic mass is 10.3. The molecule has 0 bridgehead atoms. The molecule has 0 aliphatic heterocycles. The van der Waals surface area contributed by atoms with Gasteiger partial charge in [-0.1, -0.05) is 11.8 Å². The molecule has 0 radical (unpaired) electrons. The molecule has 0 unspecified atom stereocenters. The standard InChI is InChI=1S/C11H19N5S/c1-3-16(7-8-4-5-8)10-6-9(15-12)13-11(14-10)17-2/h6,8H,3-5,7,12H2,1-2H3,(H,13,14,15). The van der Waals surface area contributed by atoms with Gasteiger partial charge < -0.3 is 10.3 Å². The Kier molecular flexibility index (Phi) is 4.06. The van der Waals surface area contributed by atoms with Crippen LogP contribution in [0.5, 0.6) is 0 Å². The van der Waals surface area contributed by atoms with Gasteiger partial charge in [0, 0.05) is 19.2 Å². The monoisotopic (exact) mass is 253 g/mol. The molecule has 1 saturated carbocycles. The van der Waals surface area contributed by atoms with E-state index in [9.17, 15) is 0 Å². The molecular formula is C11H19N5S. The average Bonchev–Trinajstić information content (AvgIpc) is 3.19. The van der Waals surface area contributed by atoms with Crippen molar-refractivity contribution in [2.75, 3.05) is 29.7 Å². The SMILES string of the molecule is CCN(CC1CC1)c1cc(NN)nc(SC)n1. The second kappa shape index (κ2) is 5.55. The van der Waals surface area contributed by atoms with Crippen LogP contribution in [0.3, 0.4) is 0 Å². The Morgan fingerprint density at radius 2 is 2.29 bits per heavy atom. The molecule has 0 atom stereocenters. The summed E-state index contributed by atoms with van der Waals surface area (Å²) >= 11 is 1.53. The van der Waals surface area contributed by atoms with Crippen LogP contribution in [0.25, 0.3) is 0 Å². The molecule has 3 N–H and O–H groups in total. The predicted octanol–water partition coefficient (Wildman–Crippen LogP) is 1.72. The van der Waals surface area contributed by atoms with Crippen LogP contribution in [0, 0.1) is 5.92 Å². The molecule has 1 heterocycles. The van der Waals surface area contributed by atoms with E-state index in [-0.39, 0.29) is 0 Å². The first-order chi connectivity index (χ1) is 8.26. The minimum Gasteiger partial charge on any atom is -0.356 e. The zero-order chi connectivity index (χ0) is 12.3. The van der Waals surface area contributed by atoms with E-state index in [4.69, 9.17) is 5.84 Å². The number of anilines is 2. The van der Waals surface area contributed by atoms with Crippen molar-refractivity contribution in [3.63, 3.8) is 0 Å². The second-order valence-corrected chi connectivity index (χ2v) is 5.00. The third-order valence-corrected chi connectivity index (χ3v) is 3.45. The Morgan fingerprint density at radius 3 is 2.82 bits per heavy atom. The van der Waals surface area contributed by atoms with Gasteiger partial charge in [0.1, 0.15) is 11.6 Å². The maximum atomic E-state index is 5.43. The summed E-state index contributed by atoms with van der Waals surface area (Å²) in [6, 6.07) is 1.91. The van der Waals surface area contributed by atoms with E-state index in [1.54, 1.807) is 0 Å². The molecule has 1 aliphatic carbocycles. The molecule has 6 heteroatoms. The van der Waals surface area contributed by atoms with E-state index >= 15 is 0 Å². The number of hydrogen-bond acceptors (Lipinski definition) is 6. The van der Waals surface area contributed by atoms with Crippen molar-refractivity contribution in [3.8, 4) is 0 Å². The first-order valence-electron chi connectivity index (χ1n) is 5.91. The first kappa shape index (κ1) is 12.4. The van der Waals surface area contributed by atoms with Crippen molar-refractivity contribution < 1.29 is 0 Å². The van der Waals surface area contributed by atoms with Gasteiger partial charge in [-0.3, -0.25) is 0 Å². The zero-order valence-electron chi connectivity index (χ0n) is 10.3. The van der Waals surface area contributed by atoms with Crippen LogP contribution in [-0.4, -0.2) is 29.3 Å². The summed E-state index contributed by atoms with van der Waals surface area (Å²) in [5.41, 5.74) is 2.60. The van der Waals surface area contributed by atoms with Gasteiger partial charge in [0.25, 0.3) is 0 Å². The number of aromatic nitrogens is 2. The van der Waals surface area contributed by atoms with E-state index in [2.05, 4.69) is 27.2 Å². The number of hydrogen-bond donors (Lipinski definition) is 2. The Labute approximate surface area is 106 Å². The molecule has 0 spiro atoms. The van der Waals surface area contributed by atoms with E-state index in [0.29, 0.717) is 5.82 Å². The summed E-state index contributed by atoms with van der Waals surface area (Å²) in [5.74, 6) is 7.91. The third kappa shape index (κ3) is 3.23. The van der Waals surface area contributed by atoms with Gasteiger partial charge >= 0.3 is 0 Å². The van der Waals surface area contributed by atoms with Crippen LogP contribution in [0.1, 0.15) is 19.8 Å². The lowest BCUT2D eigenvalue weighted by Crippen LogP contribution is -2.26. The number of nitrogens with two attached hydrogens (primary N) is 1. The fourth-order valence-electron chi connectivity index (χ4n) is 1.74. The van der Waals surface area contributed by atoms with Gasteiger partial charge in [-0.25, -0.2) is 15.8 Å². The quantitative estimate of drug-likeness (QED) is 0.348. The molecule has 1 aromatic heterocycles. The zero-order valence-corrected chi connectivity index (χ0v) is 11.1. The minimum absolute atomic E-state index is 0.675. The summed E-state index contributed by atoms with van der Waals surface area (Å²) in [6.45, 7) is 4.20. The van der Waals surface area contributed by atoms with Crippen molar-refractivity contribution in [3.05, 3.63) is 6.07 Å². The van der Waals surface area contributed by atoms with Crippen molar-refractivity contribution in [1.29, 1.82) is 0 Å².